The van der Waals surface area contributed by atoms with Crippen LogP contribution in [0, 0.1) is 12.9 Å². The molecule has 0 unspecified atom stereocenters. The Hall–Kier alpha value is -0.600. The first kappa shape index (κ1) is 9.49. The molecular formula is C9H11ClFN. The molecule has 0 radical (unpaired) electrons. The first-order valence-electron chi connectivity index (χ1n) is 3.79. The van der Waals surface area contributed by atoms with Crippen LogP contribution in [-0.4, -0.2) is 6.54 Å². The number of rotatable bonds is 3. The Kier molecular flexibility index (Phi) is 3.50. The van der Waals surface area contributed by atoms with Crippen molar-refractivity contribution >= 4 is 11.6 Å². The molecule has 0 aliphatic heterocycles. The maximum Gasteiger partial charge on any atom is 0.128 e. The number of hydrogen-bond acceptors (Lipinski definition) is 0. The van der Waals surface area contributed by atoms with Crippen molar-refractivity contribution < 1.29 is 9.71 Å². The third-order valence-electron chi connectivity index (χ3n) is 1.66. The van der Waals surface area contributed by atoms with E-state index in [4.69, 9.17) is 11.6 Å². The molecule has 0 spiro atoms. The lowest BCUT2D eigenvalue weighted by molar-refractivity contribution is -0.594. The fourth-order valence-corrected chi connectivity index (χ4v) is 1.28. The van der Waals surface area contributed by atoms with Gasteiger partial charge in [0.1, 0.15) is 5.82 Å². The van der Waals surface area contributed by atoms with Gasteiger partial charge in [0.25, 0.3) is 0 Å². The summed E-state index contributed by atoms with van der Waals surface area (Å²) in [6.07, 6.45) is 0.620. The lowest BCUT2D eigenvalue weighted by Gasteiger charge is -2.04. The molecule has 0 aliphatic carbocycles. The van der Waals surface area contributed by atoms with Crippen LogP contribution in [0.15, 0.2) is 18.2 Å². The third-order valence-corrected chi connectivity index (χ3v) is 2.01. The normalized spacial score (nSPS) is 10.2. The highest BCUT2D eigenvalue weighted by molar-refractivity contribution is 6.31. The number of benzene rings is 1. The van der Waals surface area contributed by atoms with Gasteiger partial charge in [0.05, 0.1) is 6.54 Å². The topological polar surface area (TPSA) is 16.6 Å². The third kappa shape index (κ3) is 2.19. The Morgan fingerprint density at radius 3 is 2.83 bits per heavy atom. The van der Waals surface area contributed by atoms with E-state index in [-0.39, 0.29) is 5.82 Å². The van der Waals surface area contributed by atoms with Crippen LogP contribution in [0.25, 0.3) is 0 Å². The summed E-state index contributed by atoms with van der Waals surface area (Å²) in [5.41, 5.74) is 0.582. The van der Waals surface area contributed by atoms with Crippen LogP contribution in [0.3, 0.4) is 0 Å². The van der Waals surface area contributed by atoms with Gasteiger partial charge in [0.15, 0.2) is 0 Å². The summed E-state index contributed by atoms with van der Waals surface area (Å²) in [5, 5.41) is 2.25. The summed E-state index contributed by atoms with van der Waals surface area (Å²) in [4.78, 5) is 0. The lowest BCUT2D eigenvalue weighted by atomic mass is 10.1. The van der Waals surface area contributed by atoms with Gasteiger partial charge in [0.2, 0.25) is 0 Å². The van der Waals surface area contributed by atoms with E-state index in [1.807, 2.05) is 0 Å². The molecule has 0 saturated heterocycles. The molecule has 0 bridgehead atoms. The molecule has 12 heavy (non-hydrogen) atoms. The molecule has 0 aromatic heterocycles. The average Bonchev–Trinajstić information content (AvgIpc) is 2.04. The maximum absolute atomic E-state index is 13.1. The molecule has 0 amide bonds. The summed E-state index contributed by atoms with van der Waals surface area (Å²) in [5.74, 6) is -0.232. The Balaban J connectivity index is 2.81. The van der Waals surface area contributed by atoms with Gasteiger partial charge >= 0.3 is 0 Å². The standard InChI is InChI=1S/C9H11ClFN/c1-12-6-5-7-8(10)3-2-4-9(7)11/h2-4H,1,5-6,12H2. The second-order valence-electron chi connectivity index (χ2n) is 2.53. The van der Waals surface area contributed by atoms with Crippen molar-refractivity contribution in [2.24, 2.45) is 0 Å². The van der Waals surface area contributed by atoms with E-state index in [0.717, 1.165) is 6.54 Å². The van der Waals surface area contributed by atoms with Gasteiger partial charge in [-0.05, 0) is 12.1 Å². The van der Waals surface area contributed by atoms with E-state index in [1.165, 1.54) is 6.07 Å². The molecule has 1 rings (SSSR count). The molecule has 1 aromatic rings. The molecule has 0 atom stereocenters. The van der Waals surface area contributed by atoms with Crippen molar-refractivity contribution in [3.8, 4) is 0 Å². The van der Waals surface area contributed by atoms with Gasteiger partial charge in [-0.25, -0.2) is 4.39 Å². The van der Waals surface area contributed by atoms with E-state index >= 15 is 0 Å². The van der Waals surface area contributed by atoms with Gasteiger partial charge in [-0.1, -0.05) is 17.7 Å². The first-order chi connectivity index (χ1) is 5.75. The number of quaternary nitrogens is 1. The number of halogens is 2. The second-order valence-corrected chi connectivity index (χ2v) is 2.93. The Bertz CT molecular complexity index is 242. The van der Waals surface area contributed by atoms with Crippen molar-refractivity contribution in [3.05, 3.63) is 41.7 Å². The highest BCUT2D eigenvalue weighted by Crippen LogP contribution is 2.18. The fourth-order valence-electron chi connectivity index (χ4n) is 1.02. The van der Waals surface area contributed by atoms with Crippen molar-refractivity contribution in [2.75, 3.05) is 6.54 Å². The number of hydrogen-bond donors (Lipinski definition) is 1. The Morgan fingerprint density at radius 2 is 2.25 bits per heavy atom. The highest BCUT2D eigenvalue weighted by atomic mass is 35.5. The summed E-state index contributed by atoms with van der Waals surface area (Å²) in [7, 11) is 3.57. The van der Waals surface area contributed by atoms with Gasteiger partial charge in [-0.2, -0.15) is 7.05 Å². The van der Waals surface area contributed by atoms with Gasteiger partial charge < -0.3 is 5.32 Å². The maximum atomic E-state index is 13.1. The minimum absolute atomic E-state index is 0.232. The molecule has 0 saturated carbocycles. The van der Waals surface area contributed by atoms with E-state index in [0.29, 0.717) is 17.0 Å². The monoisotopic (exact) mass is 187 g/mol. The zero-order valence-electron chi connectivity index (χ0n) is 6.69. The zero-order chi connectivity index (χ0) is 8.97. The summed E-state index contributed by atoms with van der Waals surface area (Å²) in [6.45, 7) is 0.751. The summed E-state index contributed by atoms with van der Waals surface area (Å²) < 4.78 is 13.1. The highest BCUT2D eigenvalue weighted by Gasteiger charge is 2.05. The molecular weight excluding hydrogens is 177 g/mol. The quantitative estimate of drug-likeness (QED) is 0.689. The van der Waals surface area contributed by atoms with Crippen LogP contribution >= 0.6 is 11.6 Å². The van der Waals surface area contributed by atoms with Crippen LogP contribution in [0.5, 0.6) is 0 Å². The number of nitrogens with two attached hydrogens (primary N) is 1. The van der Waals surface area contributed by atoms with Gasteiger partial charge in [-0.15, -0.1) is 0 Å². The minimum atomic E-state index is -0.232. The largest absolute Gasteiger partial charge is 0.479 e. The predicted molar refractivity (Wildman–Crippen MR) is 47.3 cm³/mol. The first-order valence-corrected chi connectivity index (χ1v) is 4.17. The van der Waals surface area contributed by atoms with Crippen LogP contribution in [0.2, 0.25) is 5.02 Å². The smallest absolute Gasteiger partial charge is 0.128 e. The van der Waals surface area contributed by atoms with E-state index in [2.05, 4.69) is 7.05 Å². The molecule has 0 fully saturated rings. The molecule has 3 heteroatoms. The molecule has 0 heterocycles. The summed E-state index contributed by atoms with van der Waals surface area (Å²) in [6, 6.07) is 4.72. The van der Waals surface area contributed by atoms with E-state index in [9.17, 15) is 4.39 Å². The van der Waals surface area contributed by atoms with Crippen LogP contribution in [0.1, 0.15) is 5.56 Å². The fraction of sp³-hybridized carbons (Fsp3) is 0.222. The summed E-state index contributed by atoms with van der Waals surface area (Å²) >= 11 is 5.79. The Morgan fingerprint density at radius 1 is 1.50 bits per heavy atom. The van der Waals surface area contributed by atoms with E-state index < -0.39 is 0 Å². The van der Waals surface area contributed by atoms with Gasteiger partial charge in [-0.3, -0.25) is 0 Å². The molecule has 0 aliphatic rings. The minimum Gasteiger partial charge on any atom is -0.479 e. The van der Waals surface area contributed by atoms with Crippen LogP contribution < -0.4 is 5.32 Å². The van der Waals surface area contributed by atoms with Crippen molar-refractivity contribution in [2.45, 2.75) is 6.42 Å². The Labute approximate surface area is 76.5 Å². The molecule has 66 valence electrons. The second kappa shape index (κ2) is 4.43. The predicted octanol–water partition coefficient (Wildman–Crippen LogP) is 1.38. The van der Waals surface area contributed by atoms with Crippen LogP contribution in [-0.2, 0) is 6.42 Å². The zero-order valence-corrected chi connectivity index (χ0v) is 7.44. The average molecular weight is 188 g/mol. The molecule has 1 aromatic carbocycles. The van der Waals surface area contributed by atoms with Crippen molar-refractivity contribution in [1.29, 1.82) is 0 Å². The lowest BCUT2D eigenvalue weighted by Crippen LogP contribution is -2.77. The van der Waals surface area contributed by atoms with E-state index in [1.54, 1.807) is 17.4 Å². The van der Waals surface area contributed by atoms with Crippen molar-refractivity contribution in [3.63, 3.8) is 0 Å². The van der Waals surface area contributed by atoms with Crippen molar-refractivity contribution in [1.82, 2.24) is 0 Å². The molecule has 2 N–H and O–H groups in total. The van der Waals surface area contributed by atoms with Crippen LogP contribution in [0.4, 0.5) is 4.39 Å². The molecule has 1 nitrogen and oxygen atoms in total. The van der Waals surface area contributed by atoms with Gasteiger partial charge in [0, 0.05) is 17.0 Å². The SMILES string of the molecule is [CH2-][NH2+]CCc1c(F)cccc1Cl.